The fraction of sp³-hybridized carbons (Fsp3) is 0.0127. The van der Waals surface area contributed by atoms with Gasteiger partial charge in [-0.3, -0.25) is 0 Å². The summed E-state index contributed by atoms with van der Waals surface area (Å²) in [5.74, 6) is 0. The third-order valence-electron chi connectivity index (χ3n) is 15.6. The molecule has 0 aliphatic heterocycles. The first-order chi connectivity index (χ1) is 39.5. The van der Waals surface area contributed by atoms with Crippen LogP contribution in [0.4, 0.5) is 5.69 Å². The number of benzene rings is 13. The van der Waals surface area contributed by atoms with Gasteiger partial charge in [0.15, 0.2) is 0 Å². The molecule has 13 aromatic carbocycles. The molecule has 13 aromatic rings. The van der Waals surface area contributed by atoms with Gasteiger partial charge in [-0.15, -0.1) is 0 Å². The summed E-state index contributed by atoms with van der Waals surface area (Å²) in [7, 11) is 0. The lowest BCUT2D eigenvalue weighted by Crippen LogP contribution is -1.95. The maximum atomic E-state index is 6.37. The first-order valence-corrected chi connectivity index (χ1v) is 27.5. The van der Waals surface area contributed by atoms with Crippen LogP contribution < -0.4 is 5.73 Å². The van der Waals surface area contributed by atoms with Crippen molar-refractivity contribution in [2.24, 2.45) is 0 Å². The van der Waals surface area contributed by atoms with E-state index in [4.69, 9.17) is 5.73 Å². The van der Waals surface area contributed by atoms with Crippen molar-refractivity contribution in [2.75, 3.05) is 5.73 Å². The van der Waals surface area contributed by atoms with Crippen LogP contribution in [-0.4, -0.2) is 0 Å². The molecule has 0 radical (unpaired) electrons. The zero-order valence-corrected chi connectivity index (χ0v) is 44.6. The molecule has 0 spiro atoms. The summed E-state index contributed by atoms with van der Waals surface area (Å²) in [5, 5.41) is 0. The summed E-state index contributed by atoms with van der Waals surface area (Å²) in [6, 6.07) is 115. The average Bonchev–Trinajstić information content (AvgIpc) is 3.61. The molecule has 0 atom stereocenters. The molecule has 0 saturated heterocycles. The van der Waals surface area contributed by atoms with Gasteiger partial charge in [-0.05, 0) is 177 Å². The number of nitrogens with two attached hydrogens (primary N) is 1. The smallest absolute Gasteiger partial charge is 0.0314 e. The van der Waals surface area contributed by atoms with E-state index in [-0.39, 0.29) is 0 Å². The van der Waals surface area contributed by atoms with E-state index < -0.39 is 0 Å². The molecule has 80 heavy (non-hydrogen) atoms. The van der Waals surface area contributed by atoms with E-state index in [1.165, 1.54) is 72.3 Å². The Bertz CT molecular complexity index is 3740. The van der Waals surface area contributed by atoms with Gasteiger partial charge in [0, 0.05) is 5.69 Å². The van der Waals surface area contributed by atoms with Gasteiger partial charge in [0.05, 0.1) is 0 Å². The van der Waals surface area contributed by atoms with Gasteiger partial charge in [0.25, 0.3) is 0 Å². The number of hydrogen-bond acceptors (Lipinski definition) is 1. The minimum absolute atomic E-state index is 0.735. The van der Waals surface area contributed by atoms with Crippen molar-refractivity contribution in [2.45, 2.75) is 6.92 Å². The molecular formula is C79H57N. The van der Waals surface area contributed by atoms with Gasteiger partial charge in [-0.25, -0.2) is 0 Å². The van der Waals surface area contributed by atoms with Crippen molar-refractivity contribution in [3.8, 4) is 134 Å². The molecule has 0 aliphatic rings. The van der Waals surface area contributed by atoms with E-state index >= 15 is 0 Å². The summed E-state index contributed by atoms with van der Waals surface area (Å²) in [5.41, 5.74) is 36.3. The van der Waals surface area contributed by atoms with E-state index in [0.717, 1.165) is 72.4 Å². The summed E-state index contributed by atoms with van der Waals surface area (Å²) in [6.45, 7) is 2.16. The summed E-state index contributed by atoms with van der Waals surface area (Å²) in [6.07, 6.45) is 0. The molecule has 0 amide bonds. The zero-order chi connectivity index (χ0) is 53.8. The Hall–Kier alpha value is -10.3. The Balaban J connectivity index is 0.975. The first-order valence-electron chi connectivity index (χ1n) is 27.5. The molecule has 378 valence electrons. The standard InChI is InChI=1S/C79H57N/c1-54-22-24-69(25-23-54)78-74(65-38-30-59(31-39-65)55-14-6-2-7-15-55)50-71(51-75(78)66-40-32-60(33-41-66)56-16-8-3-9-17-56)63-26-28-64(29-27-63)72-52-76(67-42-34-61(35-43-67)57-18-10-4-11-19-57)79(70-46-48-73(80)49-47-70)77(53-72)68-44-36-62(37-45-68)58-20-12-5-13-21-58/h2-53H,80H2,1H3. The molecule has 13 rings (SSSR count). The van der Waals surface area contributed by atoms with Gasteiger partial charge in [-0.1, -0.05) is 285 Å². The van der Waals surface area contributed by atoms with Crippen LogP contribution in [0.5, 0.6) is 0 Å². The monoisotopic (exact) mass is 1020 g/mol. The Morgan fingerprint density at radius 3 is 0.613 bits per heavy atom. The van der Waals surface area contributed by atoms with Crippen molar-refractivity contribution in [1.29, 1.82) is 0 Å². The van der Waals surface area contributed by atoms with E-state index in [2.05, 4.69) is 310 Å². The molecule has 0 unspecified atom stereocenters. The third-order valence-corrected chi connectivity index (χ3v) is 15.6. The summed E-state index contributed by atoms with van der Waals surface area (Å²) in [4.78, 5) is 0. The maximum Gasteiger partial charge on any atom is 0.0314 e. The van der Waals surface area contributed by atoms with Crippen molar-refractivity contribution in [1.82, 2.24) is 0 Å². The van der Waals surface area contributed by atoms with Crippen LogP contribution in [0.2, 0.25) is 0 Å². The molecule has 1 heteroatoms. The quantitative estimate of drug-likeness (QED) is 0.121. The number of rotatable bonds is 12. The fourth-order valence-electron chi connectivity index (χ4n) is 11.3. The van der Waals surface area contributed by atoms with Crippen molar-refractivity contribution in [3.05, 3.63) is 321 Å². The minimum atomic E-state index is 0.735. The average molecular weight is 1020 g/mol. The maximum absolute atomic E-state index is 6.37. The van der Waals surface area contributed by atoms with E-state index in [0.29, 0.717) is 0 Å². The molecule has 1 nitrogen and oxygen atoms in total. The molecular weight excluding hydrogens is 963 g/mol. The molecule has 0 saturated carbocycles. The Kier molecular flexibility index (Phi) is 13.5. The number of aryl methyl sites for hydroxylation is 1. The second kappa shape index (κ2) is 22.0. The highest BCUT2D eigenvalue weighted by Crippen LogP contribution is 2.47. The lowest BCUT2D eigenvalue weighted by atomic mass is 9.83. The molecule has 0 bridgehead atoms. The number of anilines is 1. The van der Waals surface area contributed by atoms with Gasteiger partial charge in [0.2, 0.25) is 0 Å². The highest BCUT2D eigenvalue weighted by Gasteiger charge is 2.21. The van der Waals surface area contributed by atoms with Crippen LogP contribution in [0.25, 0.3) is 134 Å². The fourth-order valence-corrected chi connectivity index (χ4v) is 11.3. The minimum Gasteiger partial charge on any atom is -0.399 e. The van der Waals surface area contributed by atoms with Crippen molar-refractivity contribution in [3.63, 3.8) is 0 Å². The molecule has 0 fully saturated rings. The first kappa shape index (κ1) is 49.2. The number of nitrogen functional groups attached to an aromatic ring is 1. The normalized spacial score (nSPS) is 11.1. The van der Waals surface area contributed by atoms with E-state index in [1.54, 1.807) is 0 Å². The third kappa shape index (κ3) is 10.2. The van der Waals surface area contributed by atoms with Gasteiger partial charge >= 0.3 is 0 Å². The van der Waals surface area contributed by atoms with Crippen LogP contribution >= 0.6 is 0 Å². The van der Waals surface area contributed by atoms with Crippen LogP contribution in [0.1, 0.15) is 5.56 Å². The largest absolute Gasteiger partial charge is 0.399 e. The predicted octanol–water partition coefficient (Wildman–Crippen LogP) is 21.6. The zero-order valence-electron chi connectivity index (χ0n) is 44.6. The predicted molar refractivity (Wildman–Crippen MR) is 341 cm³/mol. The SMILES string of the molecule is Cc1ccc(-c2c(-c3ccc(-c4ccccc4)cc3)cc(-c3ccc(-c4cc(-c5ccc(-c6ccccc6)cc5)c(-c5ccc(N)cc5)c(-c5ccc(-c6ccccc6)cc5)c4)cc3)cc2-c2ccc(-c3ccccc3)cc2)cc1. The van der Waals surface area contributed by atoms with Gasteiger partial charge < -0.3 is 5.73 Å². The van der Waals surface area contributed by atoms with Crippen LogP contribution in [-0.2, 0) is 0 Å². The van der Waals surface area contributed by atoms with Gasteiger partial charge in [0.1, 0.15) is 0 Å². The molecule has 0 aromatic heterocycles. The topological polar surface area (TPSA) is 26.0 Å². The van der Waals surface area contributed by atoms with Crippen molar-refractivity contribution >= 4 is 5.69 Å². The lowest BCUT2D eigenvalue weighted by Gasteiger charge is -2.21. The Labute approximate surface area is 470 Å². The van der Waals surface area contributed by atoms with Crippen molar-refractivity contribution < 1.29 is 0 Å². The van der Waals surface area contributed by atoms with Gasteiger partial charge in [-0.2, -0.15) is 0 Å². The Morgan fingerprint density at radius 1 is 0.175 bits per heavy atom. The van der Waals surface area contributed by atoms with E-state index in [9.17, 15) is 0 Å². The second-order valence-electron chi connectivity index (χ2n) is 20.7. The summed E-state index contributed by atoms with van der Waals surface area (Å²) < 4.78 is 0. The van der Waals surface area contributed by atoms with Crippen LogP contribution in [0, 0.1) is 6.92 Å². The molecule has 0 heterocycles. The van der Waals surface area contributed by atoms with Crippen LogP contribution in [0.15, 0.2) is 315 Å². The Morgan fingerprint density at radius 2 is 0.362 bits per heavy atom. The highest BCUT2D eigenvalue weighted by atomic mass is 14.5. The molecule has 0 aliphatic carbocycles. The van der Waals surface area contributed by atoms with E-state index in [1.807, 2.05) is 12.1 Å². The second-order valence-corrected chi connectivity index (χ2v) is 20.7. The highest BCUT2D eigenvalue weighted by molar-refractivity contribution is 6.00. The summed E-state index contributed by atoms with van der Waals surface area (Å²) >= 11 is 0. The van der Waals surface area contributed by atoms with Crippen LogP contribution in [0.3, 0.4) is 0 Å². The lowest BCUT2D eigenvalue weighted by molar-refractivity contribution is 1.46. The number of hydrogen-bond donors (Lipinski definition) is 1. The molecule has 2 N–H and O–H groups in total.